The fourth-order valence-electron chi connectivity index (χ4n) is 1.81. The Kier molecular flexibility index (Phi) is 4.74. The summed E-state index contributed by atoms with van der Waals surface area (Å²) < 4.78 is 1.34. The molecular weight excluding hydrogens is 404 g/mol. The van der Waals surface area contributed by atoms with Gasteiger partial charge in [0, 0.05) is 26.8 Å². The number of aryl methyl sites for hydroxylation is 1. The molecule has 21 heavy (non-hydrogen) atoms. The highest BCUT2D eigenvalue weighted by Gasteiger charge is 2.15. The number of hydrogen-bond donors (Lipinski definition) is 1. The van der Waals surface area contributed by atoms with E-state index in [1.165, 1.54) is 18.2 Å². The molecule has 0 aromatic heterocycles. The van der Waals surface area contributed by atoms with E-state index in [1.54, 1.807) is 6.07 Å². The zero-order valence-corrected chi connectivity index (χ0v) is 14.1. The summed E-state index contributed by atoms with van der Waals surface area (Å²) in [7, 11) is 0. The average molecular weight is 414 g/mol. The summed E-state index contributed by atoms with van der Waals surface area (Å²) in [6.07, 6.45) is 0. The number of nitrogens with zero attached hydrogens (tertiary/aromatic N) is 1. The van der Waals surface area contributed by atoms with Gasteiger partial charge in [0.25, 0.3) is 11.6 Å². The summed E-state index contributed by atoms with van der Waals surface area (Å²) in [5.74, 6) is -0.414. The van der Waals surface area contributed by atoms with Crippen LogP contribution in [0.4, 0.5) is 11.4 Å². The van der Waals surface area contributed by atoms with Gasteiger partial charge in [0.15, 0.2) is 0 Å². The lowest BCUT2D eigenvalue weighted by molar-refractivity contribution is -0.384. The first-order valence-electron chi connectivity index (χ1n) is 5.89. The molecular formula is C14H10Br2N2O3. The first-order valence-corrected chi connectivity index (χ1v) is 7.48. The van der Waals surface area contributed by atoms with Gasteiger partial charge < -0.3 is 5.32 Å². The maximum atomic E-state index is 12.3. The van der Waals surface area contributed by atoms with Crippen LogP contribution in [-0.2, 0) is 0 Å². The predicted octanol–water partition coefficient (Wildman–Crippen LogP) is 4.68. The number of carbonyl (C=O) groups excluding carboxylic acids is 1. The lowest BCUT2D eigenvalue weighted by atomic mass is 10.1. The van der Waals surface area contributed by atoms with E-state index in [1.807, 2.05) is 19.1 Å². The second-order valence-electron chi connectivity index (χ2n) is 4.39. The molecule has 0 bridgehead atoms. The number of anilines is 1. The Balaban J connectivity index is 2.31. The summed E-state index contributed by atoms with van der Waals surface area (Å²) in [6.45, 7) is 1.91. The molecule has 108 valence electrons. The van der Waals surface area contributed by atoms with E-state index in [2.05, 4.69) is 37.2 Å². The number of benzene rings is 2. The van der Waals surface area contributed by atoms with Crippen LogP contribution in [0.15, 0.2) is 45.3 Å². The minimum absolute atomic E-state index is 0.131. The molecule has 0 heterocycles. The van der Waals surface area contributed by atoms with Gasteiger partial charge in [-0.25, -0.2) is 0 Å². The van der Waals surface area contributed by atoms with Gasteiger partial charge in [-0.1, -0.05) is 15.9 Å². The van der Waals surface area contributed by atoms with Gasteiger partial charge in [0.2, 0.25) is 0 Å². The van der Waals surface area contributed by atoms with Gasteiger partial charge >= 0.3 is 0 Å². The fraction of sp³-hybridized carbons (Fsp3) is 0.0714. The summed E-state index contributed by atoms with van der Waals surface area (Å²) in [4.78, 5) is 22.5. The number of non-ortho nitro benzene ring substituents is 1. The smallest absolute Gasteiger partial charge is 0.270 e. The normalized spacial score (nSPS) is 10.2. The van der Waals surface area contributed by atoms with Gasteiger partial charge in [-0.2, -0.15) is 0 Å². The molecule has 1 amide bonds. The Bertz CT molecular complexity index is 712. The molecule has 0 aliphatic rings. The maximum Gasteiger partial charge on any atom is 0.270 e. The highest BCUT2D eigenvalue weighted by Crippen LogP contribution is 2.25. The Morgan fingerprint density at radius 1 is 1.19 bits per heavy atom. The standard InChI is InChI=1S/C14H10Br2N2O3/c1-8-4-9(15)6-10(5-8)17-14(19)12-7-11(18(20)21)2-3-13(12)16/h2-7H,1H3,(H,17,19). The molecule has 7 heteroatoms. The van der Waals surface area contributed by atoms with Crippen molar-refractivity contribution in [3.8, 4) is 0 Å². The van der Waals surface area contributed by atoms with Crippen molar-refractivity contribution in [1.29, 1.82) is 0 Å². The van der Waals surface area contributed by atoms with Crippen molar-refractivity contribution in [3.05, 3.63) is 66.6 Å². The van der Waals surface area contributed by atoms with Crippen molar-refractivity contribution < 1.29 is 9.72 Å². The predicted molar refractivity (Wildman–Crippen MR) is 87.6 cm³/mol. The zero-order chi connectivity index (χ0) is 15.6. The number of hydrogen-bond acceptors (Lipinski definition) is 3. The number of halogens is 2. The van der Waals surface area contributed by atoms with E-state index >= 15 is 0 Å². The van der Waals surface area contributed by atoms with Crippen molar-refractivity contribution in [3.63, 3.8) is 0 Å². The quantitative estimate of drug-likeness (QED) is 0.586. The third kappa shape index (κ3) is 3.89. The lowest BCUT2D eigenvalue weighted by Crippen LogP contribution is -2.13. The largest absolute Gasteiger partial charge is 0.322 e. The Morgan fingerprint density at radius 2 is 1.90 bits per heavy atom. The molecule has 2 rings (SSSR count). The number of nitro groups is 1. The van der Waals surface area contributed by atoms with Crippen LogP contribution in [-0.4, -0.2) is 10.8 Å². The molecule has 0 unspecified atom stereocenters. The van der Waals surface area contributed by atoms with Gasteiger partial charge in [-0.15, -0.1) is 0 Å². The first-order chi connectivity index (χ1) is 9.86. The Morgan fingerprint density at radius 3 is 2.52 bits per heavy atom. The first kappa shape index (κ1) is 15.7. The highest BCUT2D eigenvalue weighted by atomic mass is 79.9. The molecule has 0 saturated heterocycles. The van der Waals surface area contributed by atoms with Gasteiger partial charge in [-0.05, 0) is 52.7 Å². The molecule has 2 aromatic carbocycles. The number of carbonyl (C=O) groups is 1. The van der Waals surface area contributed by atoms with E-state index in [0.29, 0.717) is 10.2 Å². The summed E-state index contributed by atoms with van der Waals surface area (Å²) in [6, 6.07) is 9.55. The lowest BCUT2D eigenvalue weighted by Gasteiger charge is -2.08. The van der Waals surface area contributed by atoms with Crippen molar-refractivity contribution >= 4 is 49.1 Å². The number of amides is 1. The molecule has 0 saturated carbocycles. The molecule has 1 N–H and O–H groups in total. The molecule has 0 fully saturated rings. The minimum Gasteiger partial charge on any atom is -0.322 e. The number of nitro benzene ring substituents is 1. The van der Waals surface area contributed by atoms with Crippen LogP contribution in [0.1, 0.15) is 15.9 Å². The van der Waals surface area contributed by atoms with Gasteiger partial charge in [-0.3, -0.25) is 14.9 Å². The number of rotatable bonds is 3. The average Bonchev–Trinajstić information content (AvgIpc) is 2.37. The summed E-state index contributed by atoms with van der Waals surface area (Å²) in [5, 5.41) is 13.5. The van der Waals surface area contributed by atoms with Crippen LogP contribution in [0, 0.1) is 17.0 Å². The van der Waals surface area contributed by atoms with E-state index in [-0.39, 0.29) is 11.3 Å². The second kappa shape index (κ2) is 6.36. The van der Waals surface area contributed by atoms with Crippen molar-refractivity contribution in [2.45, 2.75) is 6.92 Å². The van der Waals surface area contributed by atoms with E-state index in [9.17, 15) is 14.9 Å². The van der Waals surface area contributed by atoms with Crippen LogP contribution in [0.3, 0.4) is 0 Å². The van der Waals surface area contributed by atoms with Crippen LogP contribution >= 0.6 is 31.9 Å². The van der Waals surface area contributed by atoms with Crippen LogP contribution in [0.25, 0.3) is 0 Å². The molecule has 0 spiro atoms. The van der Waals surface area contributed by atoms with Crippen LogP contribution in [0.2, 0.25) is 0 Å². The Hall–Kier alpha value is -1.73. The van der Waals surface area contributed by atoms with Crippen molar-refractivity contribution in [2.75, 3.05) is 5.32 Å². The molecule has 0 aliphatic heterocycles. The van der Waals surface area contributed by atoms with Gasteiger partial charge in [0.05, 0.1) is 10.5 Å². The number of nitrogens with one attached hydrogen (secondary N) is 1. The molecule has 5 nitrogen and oxygen atoms in total. The van der Waals surface area contributed by atoms with Gasteiger partial charge in [0.1, 0.15) is 0 Å². The minimum atomic E-state index is -0.535. The molecule has 2 aromatic rings. The third-order valence-corrected chi connectivity index (χ3v) is 3.85. The molecule has 0 radical (unpaired) electrons. The monoisotopic (exact) mass is 412 g/mol. The SMILES string of the molecule is Cc1cc(Br)cc(NC(=O)c2cc([N+](=O)[O-])ccc2Br)c1. The van der Waals surface area contributed by atoms with Crippen LogP contribution < -0.4 is 5.32 Å². The van der Waals surface area contributed by atoms with Crippen LogP contribution in [0.5, 0.6) is 0 Å². The fourth-order valence-corrected chi connectivity index (χ4v) is 2.84. The summed E-state index contributed by atoms with van der Waals surface area (Å²) in [5.41, 5.74) is 1.68. The molecule has 0 aliphatic carbocycles. The summed E-state index contributed by atoms with van der Waals surface area (Å²) >= 11 is 6.58. The van der Waals surface area contributed by atoms with Crippen molar-refractivity contribution in [1.82, 2.24) is 0 Å². The molecule has 0 atom stereocenters. The third-order valence-electron chi connectivity index (χ3n) is 2.71. The highest BCUT2D eigenvalue weighted by molar-refractivity contribution is 9.10. The maximum absolute atomic E-state index is 12.3. The Labute approximate surface area is 137 Å². The van der Waals surface area contributed by atoms with E-state index < -0.39 is 10.8 Å². The van der Waals surface area contributed by atoms with Crippen molar-refractivity contribution in [2.24, 2.45) is 0 Å². The zero-order valence-electron chi connectivity index (χ0n) is 10.9. The van der Waals surface area contributed by atoms with E-state index in [4.69, 9.17) is 0 Å². The van der Waals surface area contributed by atoms with E-state index in [0.717, 1.165) is 10.0 Å². The second-order valence-corrected chi connectivity index (χ2v) is 6.16. The topological polar surface area (TPSA) is 72.2 Å².